The van der Waals surface area contributed by atoms with E-state index in [-0.39, 0.29) is 0 Å². The van der Waals surface area contributed by atoms with Gasteiger partial charge in [0.2, 0.25) is 0 Å². The van der Waals surface area contributed by atoms with Crippen molar-refractivity contribution < 1.29 is 4.74 Å². The van der Waals surface area contributed by atoms with E-state index in [2.05, 4.69) is 6.92 Å². The zero-order valence-corrected chi connectivity index (χ0v) is 12.7. The largest absolute Gasteiger partial charge is 0.378 e. The van der Waals surface area contributed by atoms with Crippen molar-refractivity contribution in [3.05, 3.63) is 0 Å². The minimum Gasteiger partial charge on any atom is -0.378 e. The lowest BCUT2D eigenvalue weighted by Crippen LogP contribution is -2.56. The molecule has 0 heterocycles. The normalized spacial score (nSPS) is 30.3. The maximum absolute atomic E-state index is 6.48. The average molecular weight is 273 g/mol. The lowest BCUT2D eigenvalue weighted by Gasteiger charge is -2.55. The summed E-state index contributed by atoms with van der Waals surface area (Å²) in [6.07, 6.45) is 14.9. The molecule has 18 heavy (non-hydrogen) atoms. The van der Waals surface area contributed by atoms with Crippen LogP contribution in [0.2, 0.25) is 0 Å². The van der Waals surface area contributed by atoms with Crippen molar-refractivity contribution in [2.75, 3.05) is 6.61 Å². The summed E-state index contributed by atoms with van der Waals surface area (Å²) in [5, 5.41) is 0.392. The fourth-order valence-electron chi connectivity index (χ4n) is 3.71. The zero-order chi connectivity index (χ0) is 12.8. The molecule has 2 atom stereocenters. The van der Waals surface area contributed by atoms with Gasteiger partial charge in [-0.3, -0.25) is 0 Å². The number of halogens is 1. The summed E-state index contributed by atoms with van der Waals surface area (Å²) < 4.78 is 6.14. The fourth-order valence-corrected chi connectivity index (χ4v) is 4.23. The second-order valence-corrected chi connectivity index (χ2v) is 6.80. The molecule has 2 unspecified atom stereocenters. The maximum atomic E-state index is 6.48. The number of unbranched alkanes of at least 4 members (excludes halogenated alkanes) is 4. The predicted octanol–water partition coefficient (Wildman–Crippen LogP) is 5.30. The van der Waals surface area contributed by atoms with Crippen molar-refractivity contribution in [1.82, 2.24) is 0 Å². The van der Waals surface area contributed by atoms with Crippen LogP contribution in [-0.4, -0.2) is 18.1 Å². The molecule has 0 aromatic heterocycles. The second-order valence-electron chi connectivity index (χ2n) is 6.27. The molecular formula is C16H29ClO. The zero-order valence-electron chi connectivity index (χ0n) is 11.9. The van der Waals surface area contributed by atoms with Gasteiger partial charge in [0.05, 0.1) is 6.10 Å². The van der Waals surface area contributed by atoms with Crippen LogP contribution in [0, 0.1) is 5.41 Å². The predicted molar refractivity (Wildman–Crippen MR) is 78.3 cm³/mol. The maximum Gasteiger partial charge on any atom is 0.0659 e. The lowest BCUT2D eigenvalue weighted by molar-refractivity contribution is -0.124. The highest BCUT2D eigenvalue weighted by atomic mass is 35.5. The molecule has 2 saturated carbocycles. The molecule has 0 amide bonds. The summed E-state index contributed by atoms with van der Waals surface area (Å²) in [5.41, 5.74) is 0.364. The Labute approximate surface area is 118 Å². The van der Waals surface area contributed by atoms with Crippen LogP contribution >= 0.6 is 11.6 Å². The summed E-state index contributed by atoms with van der Waals surface area (Å²) in [4.78, 5) is 0. The average Bonchev–Trinajstić information content (AvgIpc) is 2.42. The van der Waals surface area contributed by atoms with E-state index in [1.807, 2.05) is 0 Å². The minimum atomic E-state index is 0.364. The fraction of sp³-hybridized carbons (Fsp3) is 1.00. The van der Waals surface area contributed by atoms with Crippen LogP contribution in [0.15, 0.2) is 0 Å². The Morgan fingerprint density at radius 2 is 1.78 bits per heavy atom. The molecule has 0 aromatic carbocycles. The van der Waals surface area contributed by atoms with Crippen molar-refractivity contribution in [3.8, 4) is 0 Å². The molecule has 1 spiro atoms. The van der Waals surface area contributed by atoms with Crippen LogP contribution in [-0.2, 0) is 4.74 Å². The summed E-state index contributed by atoms with van der Waals surface area (Å²) >= 11 is 6.48. The molecule has 2 aliphatic rings. The monoisotopic (exact) mass is 272 g/mol. The van der Waals surface area contributed by atoms with Crippen LogP contribution in [0.4, 0.5) is 0 Å². The van der Waals surface area contributed by atoms with Gasteiger partial charge in [0.1, 0.15) is 0 Å². The number of ether oxygens (including phenoxy) is 1. The second kappa shape index (κ2) is 7.14. The molecule has 0 aromatic rings. The van der Waals surface area contributed by atoms with Crippen LogP contribution in [0.1, 0.15) is 77.6 Å². The van der Waals surface area contributed by atoms with Crippen molar-refractivity contribution in [1.29, 1.82) is 0 Å². The quantitative estimate of drug-likeness (QED) is 0.451. The Morgan fingerprint density at radius 3 is 2.44 bits per heavy atom. The van der Waals surface area contributed by atoms with Crippen molar-refractivity contribution in [2.45, 2.75) is 89.0 Å². The number of hydrogen-bond acceptors (Lipinski definition) is 1. The van der Waals surface area contributed by atoms with Gasteiger partial charge in [-0.2, -0.15) is 0 Å². The molecule has 106 valence electrons. The van der Waals surface area contributed by atoms with E-state index in [0.29, 0.717) is 16.9 Å². The summed E-state index contributed by atoms with van der Waals surface area (Å²) in [6.45, 7) is 3.22. The molecule has 0 bridgehead atoms. The number of rotatable bonds is 7. The highest BCUT2D eigenvalue weighted by Crippen LogP contribution is 2.55. The Bertz CT molecular complexity index is 235. The molecule has 0 saturated heterocycles. The Balaban J connectivity index is 1.64. The molecule has 0 radical (unpaired) electrons. The summed E-state index contributed by atoms with van der Waals surface area (Å²) in [6, 6.07) is 0. The number of alkyl halides is 1. The van der Waals surface area contributed by atoms with Gasteiger partial charge in [0, 0.05) is 17.4 Å². The lowest BCUT2D eigenvalue weighted by atomic mass is 9.58. The van der Waals surface area contributed by atoms with E-state index in [1.165, 1.54) is 64.2 Å². The van der Waals surface area contributed by atoms with Crippen LogP contribution in [0.3, 0.4) is 0 Å². The molecule has 2 aliphatic carbocycles. The van der Waals surface area contributed by atoms with Crippen LogP contribution in [0.25, 0.3) is 0 Å². The Hall–Kier alpha value is 0.250. The van der Waals surface area contributed by atoms with E-state index in [1.54, 1.807) is 0 Å². The standard InChI is InChI=1S/C16H29ClO/c1-2-3-4-5-9-12-18-15-13-14(17)16(15)10-7-6-8-11-16/h14-15H,2-13H2,1H3. The van der Waals surface area contributed by atoms with Gasteiger partial charge in [-0.05, 0) is 25.7 Å². The van der Waals surface area contributed by atoms with Crippen LogP contribution < -0.4 is 0 Å². The van der Waals surface area contributed by atoms with Gasteiger partial charge in [-0.15, -0.1) is 11.6 Å². The third-order valence-electron chi connectivity index (χ3n) is 5.04. The summed E-state index contributed by atoms with van der Waals surface area (Å²) in [7, 11) is 0. The SMILES string of the molecule is CCCCCCCOC1CC(Cl)C12CCCCC2. The first-order valence-corrected chi connectivity index (χ1v) is 8.49. The van der Waals surface area contributed by atoms with Gasteiger partial charge in [0.25, 0.3) is 0 Å². The van der Waals surface area contributed by atoms with Crippen molar-refractivity contribution in [2.24, 2.45) is 5.41 Å². The van der Waals surface area contributed by atoms with Gasteiger partial charge >= 0.3 is 0 Å². The third kappa shape index (κ3) is 3.22. The summed E-state index contributed by atoms with van der Waals surface area (Å²) in [5.74, 6) is 0. The topological polar surface area (TPSA) is 9.23 Å². The molecule has 0 aliphatic heterocycles. The Morgan fingerprint density at radius 1 is 1.06 bits per heavy atom. The molecule has 2 heteroatoms. The highest BCUT2D eigenvalue weighted by Gasteiger charge is 2.54. The van der Waals surface area contributed by atoms with Gasteiger partial charge in [-0.25, -0.2) is 0 Å². The van der Waals surface area contributed by atoms with E-state index >= 15 is 0 Å². The van der Waals surface area contributed by atoms with Crippen LogP contribution in [0.5, 0.6) is 0 Å². The van der Waals surface area contributed by atoms with Crippen molar-refractivity contribution in [3.63, 3.8) is 0 Å². The van der Waals surface area contributed by atoms with Crippen molar-refractivity contribution >= 4 is 11.6 Å². The third-order valence-corrected chi connectivity index (χ3v) is 5.65. The first-order chi connectivity index (χ1) is 8.79. The van der Waals surface area contributed by atoms with Gasteiger partial charge in [0.15, 0.2) is 0 Å². The minimum absolute atomic E-state index is 0.364. The van der Waals surface area contributed by atoms with Gasteiger partial charge < -0.3 is 4.74 Å². The Kier molecular flexibility index (Phi) is 5.82. The van der Waals surface area contributed by atoms with Gasteiger partial charge in [-0.1, -0.05) is 51.9 Å². The van der Waals surface area contributed by atoms with E-state index in [0.717, 1.165) is 13.0 Å². The van der Waals surface area contributed by atoms with E-state index in [9.17, 15) is 0 Å². The molecule has 2 rings (SSSR count). The first kappa shape index (κ1) is 14.7. The highest BCUT2D eigenvalue weighted by molar-refractivity contribution is 6.21. The molecule has 0 N–H and O–H groups in total. The number of hydrogen-bond donors (Lipinski definition) is 0. The van der Waals surface area contributed by atoms with E-state index < -0.39 is 0 Å². The van der Waals surface area contributed by atoms with E-state index in [4.69, 9.17) is 16.3 Å². The molecule has 1 nitrogen and oxygen atoms in total. The molecular weight excluding hydrogens is 244 g/mol. The first-order valence-electron chi connectivity index (χ1n) is 8.05. The molecule has 2 fully saturated rings. The smallest absolute Gasteiger partial charge is 0.0659 e.